The molecule has 1 atom stereocenters. The maximum absolute atomic E-state index is 10.9. The summed E-state index contributed by atoms with van der Waals surface area (Å²) in [7, 11) is 0. The molecule has 0 fully saturated rings. The number of amides is 1. The van der Waals surface area contributed by atoms with Gasteiger partial charge in [-0.15, -0.1) is 0 Å². The molecular weight excluding hydrogens is 158 g/mol. The fourth-order valence-corrected chi connectivity index (χ4v) is 0.620. The molecule has 0 aromatic rings. The van der Waals surface area contributed by atoms with Crippen LogP contribution in [-0.4, -0.2) is 23.0 Å². The highest BCUT2D eigenvalue weighted by Gasteiger charge is 2.17. The maximum Gasteiger partial charge on any atom is 0.326 e. The van der Waals surface area contributed by atoms with Crippen molar-refractivity contribution in [1.82, 2.24) is 5.32 Å². The Labute approximate surface area is 71.3 Å². The summed E-state index contributed by atoms with van der Waals surface area (Å²) in [4.78, 5) is 21.4. The highest BCUT2D eigenvalue weighted by atomic mass is 16.4. The predicted molar refractivity (Wildman–Crippen MR) is 44.7 cm³/mol. The number of hydrogen-bond donors (Lipinski definition) is 2. The number of rotatable bonds is 4. The average Bonchev–Trinajstić information content (AvgIpc) is 1.98. The second-order valence-corrected chi connectivity index (χ2v) is 2.55. The Morgan fingerprint density at radius 3 is 2.33 bits per heavy atom. The van der Waals surface area contributed by atoms with Gasteiger partial charge in [0.15, 0.2) is 0 Å². The Balaban J connectivity index is 4.12. The summed E-state index contributed by atoms with van der Waals surface area (Å²) in [6.07, 6.45) is 0.369. The van der Waals surface area contributed by atoms with E-state index in [1.165, 1.54) is 6.92 Å². The summed E-state index contributed by atoms with van der Waals surface area (Å²) in [6.45, 7) is 6.62. The lowest BCUT2D eigenvalue weighted by molar-refractivity contribution is -0.141. The fourth-order valence-electron chi connectivity index (χ4n) is 0.620. The van der Waals surface area contributed by atoms with Gasteiger partial charge in [0.05, 0.1) is 0 Å². The lowest BCUT2D eigenvalue weighted by Gasteiger charge is -2.11. The van der Waals surface area contributed by atoms with Crippen LogP contribution in [0.1, 0.15) is 20.3 Å². The van der Waals surface area contributed by atoms with Crippen LogP contribution in [0.25, 0.3) is 0 Å². The van der Waals surface area contributed by atoms with Crippen LogP contribution in [0.5, 0.6) is 0 Å². The van der Waals surface area contributed by atoms with Crippen LogP contribution >= 0.6 is 0 Å². The van der Waals surface area contributed by atoms with Crippen molar-refractivity contribution in [2.75, 3.05) is 0 Å². The van der Waals surface area contributed by atoms with E-state index in [2.05, 4.69) is 11.9 Å². The Bertz CT molecular complexity index is 210. The molecule has 1 amide bonds. The minimum Gasteiger partial charge on any atom is -0.480 e. The molecule has 2 N–H and O–H groups in total. The van der Waals surface area contributed by atoms with Gasteiger partial charge in [-0.2, -0.15) is 0 Å². The number of carboxylic acids is 1. The normalized spacial score (nSPS) is 11.8. The smallest absolute Gasteiger partial charge is 0.326 e. The van der Waals surface area contributed by atoms with Gasteiger partial charge >= 0.3 is 5.97 Å². The molecule has 0 heterocycles. The van der Waals surface area contributed by atoms with Crippen molar-refractivity contribution in [2.45, 2.75) is 26.3 Å². The maximum atomic E-state index is 10.9. The molecule has 68 valence electrons. The summed E-state index contributed by atoms with van der Waals surface area (Å²) >= 11 is 0. The molecule has 0 saturated carbocycles. The largest absolute Gasteiger partial charge is 0.480 e. The Hall–Kier alpha value is -1.32. The van der Waals surface area contributed by atoms with E-state index < -0.39 is 17.9 Å². The van der Waals surface area contributed by atoms with E-state index in [1.807, 2.05) is 0 Å². The van der Waals surface area contributed by atoms with Crippen molar-refractivity contribution < 1.29 is 14.7 Å². The van der Waals surface area contributed by atoms with Crippen LogP contribution in [0.2, 0.25) is 0 Å². The van der Waals surface area contributed by atoms with E-state index >= 15 is 0 Å². The van der Waals surface area contributed by atoms with Crippen LogP contribution in [0.4, 0.5) is 0 Å². The Morgan fingerprint density at radius 2 is 2.08 bits per heavy atom. The number of carboxylic acid groups (broad SMARTS) is 1. The zero-order valence-electron chi connectivity index (χ0n) is 7.26. The molecule has 12 heavy (non-hydrogen) atoms. The molecule has 0 rings (SSSR count). The molecule has 0 aromatic heterocycles. The molecule has 0 unspecified atom stereocenters. The third-order valence-electron chi connectivity index (χ3n) is 1.40. The number of carbonyl (C=O) groups excluding carboxylic acids is 1. The first-order valence-corrected chi connectivity index (χ1v) is 3.68. The molecule has 0 spiro atoms. The Kier molecular flexibility index (Phi) is 4.04. The third-order valence-corrected chi connectivity index (χ3v) is 1.40. The predicted octanol–water partition coefficient (Wildman–Crippen LogP) is 0.542. The zero-order chi connectivity index (χ0) is 9.72. The molecule has 0 saturated heterocycles. The molecule has 0 radical (unpaired) electrons. The second kappa shape index (κ2) is 4.54. The number of nitrogens with one attached hydrogen (secondary N) is 1. The molecule has 4 heteroatoms. The van der Waals surface area contributed by atoms with E-state index in [9.17, 15) is 9.59 Å². The Morgan fingerprint density at radius 1 is 1.58 bits per heavy atom. The van der Waals surface area contributed by atoms with Crippen LogP contribution in [0.15, 0.2) is 12.2 Å². The van der Waals surface area contributed by atoms with Crippen molar-refractivity contribution in [3.8, 4) is 0 Å². The first kappa shape index (κ1) is 10.7. The minimum absolute atomic E-state index is 0.315. The molecule has 0 aromatic carbocycles. The summed E-state index contributed by atoms with van der Waals surface area (Å²) in [5, 5.41) is 10.9. The summed E-state index contributed by atoms with van der Waals surface area (Å²) in [6, 6.07) is -0.811. The molecular formula is C8H13NO3. The molecule has 0 aliphatic rings. The van der Waals surface area contributed by atoms with Crippen molar-refractivity contribution >= 4 is 11.9 Å². The first-order valence-electron chi connectivity index (χ1n) is 3.68. The van der Waals surface area contributed by atoms with E-state index in [-0.39, 0.29) is 0 Å². The van der Waals surface area contributed by atoms with E-state index in [0.717, 1.165) is 0 Å². The SMILES string of the molecule is C=C(C)C(=O)N[C@H](CC)C(=O)O. The van der Waals surface area contributed by atoms with Gasteiger partial charge in [-0.25, -0.2) is 4.79 Å². The van der Waals surface area contributed by atoms with Crippen LogP contribution in [0, 0.1) is 0 Å². The number of aliphatic carboxylic acids is 1. The van der Waals surface area contributed by atoms with E-state index in [4.69, 9.17) is 5.11 Å². The quantitative estimate of drug-likeness (QED) is 0.607. The summed E-state index contributed by atoms with van der Waals surface area (Å²) < 4.78 is 0. The highest BCUT2D eigenvalue weighted by Crippen LogP contribution is 1.94. The zero-order valence-corrected chi connectivity index (χ0v) is 7.26. The molecule has 0 aliphatic carbocycles. The van der Waals surface area contributed by atoms with E-state index in [1.54, 1.807) is 6.92 Å². The standard InChI is InChI=1S/C8H13NO3/c1-4-6(8(11)12)9-7(10)5(2)3/h6H,2,4H2,1,3H3,(H,9,10)(H,11,12)/t6-/m1/s1. The second-order valence-electron chi connectivity index (χ2n) is 2.55. The van der Waals surface area contributed by atoms with Gasteiger partial charge in [0.1, 0.15) is 6.04 Å². The topological polar surface area (TPSA) is 66.4 Å². The van der Waals surface area contributed by atoms with Crippen molar-refractivity contribution in [2.24, 2.45) is 0 Å². The molecule has 0 aliphatic heterocycles. The number of carbonyl (C=O) groups is 2. The summed E-state index contributed by atoms with van der Waals surface area (Å²) in [5.74, 6) is -1.43. The van der Waals surface area contributed by atoms with Crippen LogP contribution < -0.4 is 5.32 Å². The lowest BCUT2D eigenvalue weighted by Crippen LogP contribution is -2.40. The third kappa shape index (κ3) is 3.18. The van der Waals surface area contributed by atoms with Gasteiger partial charge in [-0.05, 0) is 13.3 Å². The van der Waals surface area contributed by atoms with Crippen molar-refractivity contribution in [3.63, 3.8) is 0 Å². The van der Waals surface area contributed by atoms with Gasteiger partial charge < -0.3 is 10.4 Å². The van der Waals surface area contributed by atoms with Gasteiger partial charge in [0.2, 0.25) is 5.91 Å². The van der Waals surface area contributed by atoms with E-state index in [0.29, 0.717) is 12.0 Å². The minimum atomic E-state index is -1.02. The van der Waals surface area contributed by atoms with Crippen LogP contribution in [-0.2, 0) is 9.59 Å². The average molecular weight is 171 g/mol. The van der Waals surface area contributed by atoms with Crippen LogP contribution in [0.3, 0.4) is 0 Å². The lowest BCUT2D eigenvalue weighted by atomic mass is 10.2. The van der Waals surface area contributed by atoms with Gasteiger partial charge in [-0.1, -0.05) is 13.5 Å². The fraction of sp³-hybridized carbons (Fsp3) is 0.500. The van der Waals surface area contributed by atoms with Crippen molar-refractivity contribution in [3.05, 3.63) is 12.2 Å². The van der Waals surface area contributed by atoms with Crippen molar-refractivity contribution in [1.29, 1.82) is 0 Å². The molecule has 0 bridgehead atoms. The number of hydrogen-bond acceptors (Lipinski definition) is 2. The highest BCUT2D eigenvalue weighted by molar-refractivity contribution is 5.94. The molecule has 4 nitrogen and oxygen atoms in total. The van der Waals surface area contributed by atoms with Gasteiger partial charge in [0, 0.05) is 5.57 Å². The first-order chi connectivity index (χ1) is 5.49. The van der Waals surface area contributed by atoms with Gasteiger partial charge in [0.25, 0.3) is 0 Å². The summed E-state index contributed by atoms with van der Waals surface area (Å²) in [5.41, 5.74) is 0.315. The monoisotopic (exact) mass is 171 g/mol. The van der Waals surface area contributed by atoms with Gasteiger partial charge in [-0.3, -0.25) is 4.79 Å².